The zero-order valence-corrected chi connectivity index (χ0v) is 14.4. The Hall–Kier alpha value is -2.11. The fourth-order valence-corrected chi connectivity index (χ4v) is 4.20. The van der Waals surface area contributed by atoms with Crippen molar-refractivity contribution in [1.29, 1.82) is 0 Å². The minimum absolute atomic E-state index is 0.0373. The molecule has 128 valence electrons. The molecule has 0 unspecified atom stereocenters. The fourth-order valence-electron chi connectivity index (χ4n) is 4.20. The van der Waals surface area contributed by atoms with E-state index in [2.05, 4.69) is 10.1 Å². The van der Waals surface area contributed by atoms with Gasteiger partial charge in [0.25, 0.3) is 0 Å². The summed E-state index contributed by atoms with van der Waals surface area (Å²) in [6.07, 6.45) is 6.82. The molecule has 1 spiro atoms. The molecule has 3 aliphatic heterocycles. The van der Waals surface area contributed by atoms with Gasteiger partial charge in [-0.25, -0.2) is 4.79 Å². The molecule has 2 fully saturated rings. The van der Waals surface area contributed by atoms with Crippen molar-refractivity contribution < 1.29 is 14.4 Å². The predicted octanol–water partition coefficient (Wildman–Crippen LogP) is 3.12. The lowest BCUT2D eigenvalue weighted by molar-refractivity contribution is -0.0489. The lowest BCUT2D eigenvalue weighted by Crippen LogP contribution is -2.46. The monoisotopic (exact) mass is 329 g/mol. The number of amides is 1. The summed E-state index contributed by atoms with van der Waals surface area (Å²) >= 11 is 0. The van der Waals surface area contributed by atoms with Crippen molar-refractivity contribution in [3.05, 3.63) is 30.1 Å². The highest BCUT2D eigenvalue weighted by Gasteiger charge is 2.62. The number of carbonyl (C=O) groups is 1. The highest BCUT2D eigenvalue weighted by molar-refractivity contribution is 6.01. The topological polar surface area (TPSA) is 64.0 Å². The Morgan fingerprint density at radius 2 is 2.25 bits per heavy atom. The van der Waals surface area contributed by atoms with Gasteiger partial charge >= 0.3 is 6.09 Å². The van der Waals surface area contributed by atoms with E-state index in [1.807, 2.05) is 37.8 Å². The Morgan fingerprint density at radius 3 is 2.96 bits per heavy atom. The maximum absolute atomic E-state index is 12.6. The molecule has 4 heterocycles. The molecule has 0 saturated carbocycles. The van der Waals surface area contributed by atoms with Gasteiger partial charge in [0.1, 0.15) is 5.60 Å². The lowest BCUT2D eigenvalue weighted by Gasteiger charge is -2.31. The molecule has 1 amide bonds. The normalized spacial score (nSPS) is 31.3. The van der Waals surface area contributed by atoms with Gasteiger partial charge in [0, 0.05) is 36.8 Å². The quantitative estimate of drug-likeness (QED) is 0.794. The molecule has 2 saturated heterocycles. The van der Waals surface area contributed by atoms with E-state index in [0.29, 0.717) is 0 Å². The van der Waals surface area contributed by atoms with Gasteiger partial charge in [0.05, 0.1) is 11.8 Å². The van der Waals surface area contributed by atoms with Crippen LogP contribution in [0.2, 0.25) is 0 Å². The van der Waals surface area contributed by atoms with Crippen LogP contribution in [0.4, 0.5) is 4.79 Å². The summed E-state index contributed by atoms with van der Waals surface area (Å²) in [4.78, 5) is 24.6. The minimum atomic E-state index is -0.486. The van der Waals surface area contributed by atoms with Gasteiger partial charge in [-0.2, -0.15) is 0 Å². The molecule has 24 heavy (non-hydrogen) atoms. The first-order chi connectivity index (χ1) is 11.4. The van der Waals surface area contributed by atoms with Gasteiger partial charge in [0.2, 0.25) is 0 Å². The summed E-state index contributed by atoms with van der Waals surface area (Å²) in [5.74, 6) is 0. The third kappa shape index (κ3) is 2.44. The van der Waals surface area contributed by atoms with E-state index in [9.17, 15) is 4.79 Å². The van der Waals surface area contributed by atoms with Crippen LogP contribution >= 0.6 is 0 Å². The summed E-state index contributed by atoms with van der Waals surface area (Å²) < 4.78 is 5.60. The van der Waals surface area contributed by atoms with Crippen LogP contribution in [0.1, 0.15) is 52.0 Å². The number of hydrogen-bond acceptors (Lipinski definition) is 5. The van der Waals surface area contributed by atoms with E-state index in [4.69, 9.17) is 9.57 Å². The maximum atomic E-state index is 12.6. The summed E-state index contributed by atoms with van der Waals surface area (Å²) in [7, 11) is 0. The smallest absolute Gasteiger partial charge is 0.410 e. The first-order valence-electron chi connectivity index (χ1n) is 8.55. The molecule has 6 heteroatoms. The number of fused-ring (bicyclic) bond motifs is 3. The van der Waals surface area contributed by atoms with Gasteiger partial charge < -0.3 is 9.57 Å². The zero-order chi connectivity index (χ0) is 16.9. The van der Waals surface area contributed by atoms with Crippen molar-refractivity contribution in [3.63, 3.8) is 0 Å². The molecule has 1 aromatic heterocycles. The SMILES string of the molecule is CC(C)(C)OC(=O)N1[C@H]2CC[C@@H]1[C@]1(CC(c3cccnc3)=NO1)C2. The second-order valence-electron chi connectivity index (χ2n) is 7.95. The number of ether oxygens (including phenoxy) is 1. The Labute approximate surface area is 141 Å². The molecule has 6 nitrogen and oxygen atoms in total. The average Bonchev–Trinajstić information content (AvgIpc) is 3.19. The maximum Gasteiger partial charge on any atom is 0.410 e. The Bertz CT molecular complexity index is 682. The van der Waals surface area contributed by atoms with Crippen LogP contribution in [-0.2, 0) is 9.57 Å². The van der Waals surface area contributed by atoms with Crippen LogP contribution in [0.3, 0.4) is 0 Å². The van der Waals surface area contributed by atoms with Crippen molar-refractivity contribution in [1.82, 2.24) is 9.88 Å². The van der Waals surface area contributed by atoms with Crippen molar-refractivity contribution in [2.75, 3.05) is 0 Å². The third-order valence-corrected chi connectivity index (χ3v) is 5.09. The van der Waals surface area contributed by atoms with Gasteiger partial charge in [-0.3, -0.25) is 9.88 Å². The van der Waals surface area contributed by atoms with E-state index < -0.39 is 11.2 Å². The molecule has 3 atom stereocenters. The van der Waals surface area contributed by atoms with E-state index in [1.54, 1.807) is 12.4 Å². The number of aromatic nitrogens is 1. The van der Waals surface area contributed by atoms with Crippen molar-refractivity contribution >= 4 is 11.8 Å². The number of nitrogens with zero attached hydrogens (tertiary/aromatic N) is 3. The lowest BCUT2D eigenvalue weighted by atomic mass is 9.80. The van der Waals surface area contributed by atoms with Crippen LogP contribution in [0.15, 0.2) is 29.7 Å². The number of hydrogen-bond donors (Lipinski definition) is 0. The minimum Gasteiger partial charge on any atom is -0.444 e. The van der Waals surface area contributed by atoms with E-state index in [-0.39, 0.29) is 18.2 Å². The highest BCUT2D eigenvalue weighted by Crippen LogP contribution is 2.51. The van der Waals surface area contributed by atoms with Crippen molar-refractivity contribution in [3.8, 4) is 0 Å². The molecule has 0 aromatic carbocycles. The number of carbonyl (C=O) groups excluding carboxylic acids is 1. The Morgan fingerprint density at radius 1 is 1.42 bits per heavy atom. The van der Waals surface area contributed by atoms with Crippen LogP contribution in [0, 0.1) is 0 Å². The molecule has 1 aromatic rings. The molecular weight excluding hydrogens is 306 g/mol. The Balaban J connectivity index is 1.52. The standard InChI is InChI=1S/C18H23N3O3/c1-17(2,3)23-16(22)21-13-6-7-15(21)18(9-13)10-14(20-24-18)12-5-4-8-19-11-12/h4-5,8,11,13,15H,6-7,9-10H2,1-3H3/t13-,15+,18+/m0/s1. The number of oxime groups is 1. The van der Waals surface area contributed by atoms with E-state index >= 15 is 0 Å². The van der Waals surface area contributed by atoms with Crippen LogP contribution < -0.4 is 0 Å². The summed E-state index contributed by atoms with van der Waals surface area (Å²) in [5, 5.41) is 4.33. The first kappa shape index (κ1) is 15.4. The second kappa shape index (κ2) is 5.19. The van der Waals surface area contributed by atoms with Crippen LogP contribution in [0.5, 0.6) is 0 Å². The van der Waals surface area contributed by atoms with Gasteiger partial charge in [0.15, 0.2) is 5.60 Å². The first-order valence-corrected chi connectivity index (χ1v) is 8.55. The predicted molar refractivity (Wildman–Crippen MR) is 88.7 cm³/mol. The zero-order valence-electron chi connectivity index (χ0n) is 14.4. The molecule has 4 rings (SSSR count). The van der Waals surface area contributed by atoms with E-state index in [0.717, 1.165) is 37.0 Å². The molecule has 0 aliphatic carbocycles. The highest BCUT2D eigenvalue weighted by atomic mass is 16.7. The van der Waals surface area contributed by atoms with Gasteiger partial charge in [-0.15, -0.1) is 0 Å². The molecule has 2 bridgehead atoms. The average molecular weight is 329 g/mol. The number of pyridine rings is 1. The molecule has 0 N–H and O–H groups in total. The van der Waals surface area contributed by atoms with Crippen molar-refractivity contribution in [2.45, 2.75) is 69.7 Å². The van der Waals surface area contributed by atoms with Crippen molar-refractivity contribution in [2.24, 2.45) is 5.16 Å². The summed E-state index contributed by atoms with van der Waals surface area (Å²) in [6.45, 7) is 5.69. The van der Waals surface area contributed by atoms with E-state index in [1.165, 1.54) is 0 Å². The Kier molecular flexibility index (Phi) is 3.34. The largest absolute Gasteiger partial charge is 0.444 e. The second-order valence-corrected chi connectivity index (χ2v) is 7.95. The fraction of sp³-hybridized carbons (Fsp3) is 0.611. The summed E-state index contributed by atoms with van der Waals surface area (Å²) in [6, 6.07) is 4.12. The van der Waals surface area contributed by atoms with Crippen LogP contribution in [0.25, 0.3) is 0 Å². The van der Waals surface area contributed by atoms with Gasteiger partial charge in [-0.1, -0.05) is 5.16 Å². The molecule has 3 aliphatic rings. The third-order valence-electron chi connectivity index (χ3n) is 5.09. The van der Waals surface area contributed by atoms with Gasteiger partial charge in [-0.05, 0) is 45.7 Å². The molecular formula is C18H23N3O3. The van der Waals surface area contributed by atoms with Crippen LogP contribution in [-0.4, -0.2) is 45.0 Å². The molecule has 0 radical (unpaired) electrons. The number of rotatable bonds is 1. The summed E-state index contributed by atoms with van der Waals surface area (Å²) in [5.41, 5.74) is 1.02.